The molecule has 29 heavy (non-hydrogen) atoms. The van der Waals surface area contributed by atoms with Gasteiger partial charge >= 0.3 is 5.69 Å². The maximum absolute atomic E-state index is 12.6. The summed E-state index contributed by atoms with van der Waals surface area (Å²) in [7, 11) is 1.41. The fourth-order valence-electron chi connectivity index (χ4n) is 3.27. The van der Waals surface area contributed by atoms with Crippen molar-refractivity contribution in [2.75, 3.05) is 12.4 Å². The minimum absolute atomic E-state index is 0.0269. The molecule has 2 aromatic rings. The quantitative estimate of drug-likeness (QED) is 0.429. The molecule has 0 bridgehead atoms. The van der Waals surface area contributed by atoms with E-state index >= 15 is 0 Å². The van der Waals surface area contributed by atoms with E-state index in [9.17, 15) is 20.2 Å². The second kappa shape index (κ2) is 8.92. The Kier molecular flexibility index (Phi) is 6.34. The fraction of sp³-hybridized carbons (Fsp3) is 0.400. The SMILES string of the molecule is COc1ccc(O[C@H](C)C(=O)Nc2sc3c(c2C#N)CCCCC3)c([N+](=O)[O-])c1. The van der Waals surface area contributed by atoms with E-state index in [2.05, 4.69) is 11.4 Å². The first-order valence-corrected chi connectivity index (χ1v) is 10.1. The highest BCUT2D eigenvalue weighted by molar-refractivity contribution is 7.16. The average Bonchev–Trinajstić information content (AvgIpc) is 2.86. The van der Waals surface area contributed by atoms with Gasteiger partial charge in [0.15, 0.2) is 11.9 Å². The zero-order valence-corrected chi connectivity index (χ0v) is 17.0. The summed E-state index contributed by atoms with van der Waals surface area (Å²) in [5.74, 6) is -0.177. The van der Waals surface area contributed by atoms with Crippen LogP contribution in [-0.2, 0) is 17.6 Å². The highest BCUT2D eigenvalue weighted by atomic mass is 32.1. The van der Waals surface area contributed by atoms with Gasteiger partial charge in [-0.1, -0.05) is 6.42 Å². The standard InChI is InChI=1S/C20H21N3O5S/c1-12(28-17-9-8-13(27-2)10-16(17)23(25)26)19(24)22-20-15(11-21)14-6-4-3-5-7-18(14)29-20/h8-10,12H,3-7H2,1-2H3,(H,22,24)/t12-/m1/s1. The molecule has 1 N–H and O–H groups in total. The summed E-state index contributed by atoms with van der Waals surface area (Å²) < 4.78 is 10.5. The maximum atomic E-state index is 12.6. The molecule has 1 heterocycles. The van der Waals surface area contributed by atoms with Crippen LogP contribution < -0.4 is 14.8 Å². The Bertz CT molecular complexity index is 979. The molecule has 1 aromatic heterocycles. The topological polar surface area (TPSA) is 114 Å². The van der Waals surface area contributed by atoms with Crippen LogP contribution in [0.3, 0.4) is 0 Å². The fourth-order valence-corrected chi connectivity index (χ4v) is 4.52. The third-order valence-electron chi connectivity index (χ3n) is 4.81. The number of nitro benzene ring substituents is 1. The third kappa shape index (κ3) is 4.49. The van der Waals surface area contributed by atoms with Gasteiger partial charge in [-0.05, 0) is 50.3 Å². The molecule has 0 unspecified atom stereocenters. The predicted molar refractivity (Wildman–Crippen MR) is 109 cm³/mol. The summed E-state index contributed by atoms with van der Waals surface area (Å²) in [4.78, 5) is 24.5. The van der Waals surface area contributed by atoms with E-state index in [1.807, 2.05) is 0 Å². The van der Waals surface area contributed by atoms with Crippen molar-refractivity contribution >= 4 is 27.9 Å². The van der Waals surface area contributed by atoms with Gasteiger partial charge in [0.05, 0.1) is 23.7 Å². The lowest BCUT2D eigenvalue weighted by atomic mass is 10.1. The van der Waals surface area contributed by atoms with Crippen LogP contribution >= 0.6 is 11.3 Å². The largest absolute Gasteiger partial charge is 0.496 e. The number of methoxy groups -OCH3 is 1. The normalized spacial score (nSPS) is 14.1. The van der Waals surface area contributed by atoms with Crippen molar-refractivity contribution < 1.29 is 19.2 Å². The Morgan fingerprint density at radius 2 is 2.10 bits per heavy atom. The van der Waals surface area contributed by atoms with Crippen LogP contribution in [0.25, 0.3) is 0 Å². The van der Waals surface area contributed by atoms with Crippen LogP contribution in [-0.4, -0.2) is 24.0 Å². The number of hydrogen-bond acceptors (Lipinski definition) is 7. The number of amides is 1. The van der Waals surface area contributed by atoms with E-state index in [1.165, 1.54) is 43.6 Å². The summed E-state index contributed by atoms with van der Waals surface area (Å²) in [6.07, 6.45) is 4.01. The summed E-state index contributed by atoms with van der Waals surface area (Å²) in [6, 6.07) is 6.38. The molecule has 0 spiro atoms. The van der Waals surface area contributed by atoms with Gasteiger partial charge < -0.3 is 14.8 Å². The van der Waals surface area contributed by atoms with E-state index in [4.69, 9.17) is 9.47 Å². The zero-order valence-electron chi connectivity index (χ0n) is 16.2. The van der Waals surface area contributed by atoms with E-state index in [0.717, 1.165) is 42.5 Å². The van der Waals surface area contributed by atoms with Crippen LogP contribution in [0.2, 0.25) is 0 Å². The summed E-state index contributed by atoms with van der Waals surface area (Å²) in [5, 5.41) is 24.2. The highest BCUT2D eigenvalue weighted by Gasteiger charge is 2.25. The summed E-state index contributed by atoms with van der Waals surface area (Å²) in [5.41, 5.74) is 1.26. The van der Waals surface area contributed by atoms with Gasteiger partial charge in [0.2, 0.25) is 0 Å². The number of nitro groups is 1. The van der Waals surface area contributed by atoms with Crippen molar-refractivity contribution in [2.45, 2.75) is 45.1 Å². The molecular formula is C20H21N3O5S. The Morgan fingerprint density at radius 3 is 2.79 bits per heavy atom. The number of nitrogens with zero attached hydrogens (tertiary/aromatic N) is 2. The lowest BCUT2D eigenvalue weighted by molar-refractivity contribution is -0.386. The number of carbonyl (C=O) groups excluding carboxylic acids is 1. The monoisotopic (exact) mass is 415 g/mol. The molecule has 1 amide bonds. The number of hydrogen-bond donors (Lipinski definition) is 1. The van der Waals surface area contributed by atoms with E-state index < -0.39 is 16.9 Å². The molecule has 1 atom stereocenters. The Balaban J connectivity index is 1.77. The number of thiophene rings is 1. The third-order valence-corrected chi connectivity index (χ3v) is 6.01. The number of fused-ring (bicyclic) bond motifs is 1. The number of benzene rings is 1. The first kappa shape index (κ1) is 20.6. The number of rotatable bonds is 6. The van der Waals surface area contributed by atoms with E-state index in [0.29, 0.717) is 16.3 Å². The maximum Gasteiger partial charge on any atom is 0.314 e. The van der Waals surface area contributed by atoms with Gasteiger partial charge in [-0.15, -0.1) is 11.3 Å². The number of aryl methyl sites for hydroxylation is 1. The highest BCUT2D eigenvalue weighted by Crippen LogP contribution is 2.37. The average molecular weight is 415 g/mol. The minimum atomic E-state index is -0.990. The zero-order chi connectivity index (χ0) is 21.0. The molecule has 1 aliphatic carbocycles. The molecule has 0 radical (unpaired) electrons. The van der Waals surface area contributed by atoms with Gasteiger partial charge in [0.1, 0.15) is 16.8 Å². The van der Waals surface area contributed by atoms with Gasteiger partial charge in [-0.2, -0.15) is 5.26 Å². The van der Waals surface area contributed by atoms with Crippen molar-refractivity contribution in [1.29, 1.82) is 5.26 Å². The molecule has 8 nitrogen and oxygen atoms in total. The molecule has 3 rings (SSSR count). The van der Waals surface area contributed by atoms with Gasteiger partial charge in [0, 0.05) is 4.88 Å². The Morgan fingerprint density at radius 1 is 1.34 bits per heavy atom. The van der Waals surface area contributed by atoms with E-state index in [1.54, 1.807) is 0 Å². The van der Waals surface area contributed by atoms with Crippen molar-refractivity contribution in [2.24, 2.45) is 0 Å². The van der Waals surface area contributed by atoms with Crippen LogP contribution in [0, 0.1) is 21.4 Å². The molecule has 0 fully saturated rings. The van der Waals surface area contributed by atoms with Gasteiger partial charge in [-0.25, -0.2) is 0 Å². The van der Waals surface area contributed by atoms with Crippen molar-refractivity contribution in [3.05, 3.63) is 44.3 Å². The number of nitrogens with one attached hydrogen (secondary N) is 1. The first-order chi connectivity index (χ1) is 13.9. The second-order valence-electron chi connectivity index (χ2n) is 6.72. The Hall–Kier alpha value is -3.12. The van der Waals surface area contributed by atoms with Crippen LogP contribution in [0.15, 0.2) is 18.2 Å². The second-order valence-corrected chi connectivity index (χ2v) is 7.83. The van der Waals surface area contributed by atoms with Crippen LogP contribution in [0.5, 0.6) is 11.5 Å². The van der Waals surface area contributed by atoms with Crippen molar-refractivity contribution in [1.82, 2.24) is 0 Å². The first-order valence-electron chi connectivity index (χ1n) is 9.29. The summed E-state index contributed by atoms with van der Waals surface area (Å²) >= 11 is 1.43. The summed E-state index contributed by atoms with van der Waals surface area (Å²) in [6.45, 7) is 1.51. The number of ether oxygens (including phenoxy) is 2. The molecule has 1 aliphatic rings. The number of carbonyl (C=O) groups is 1. The minimum Gasteiger partial charge on any atom is -0.496 e. The van der Waals surface area contributed by atoms with Gasteiger partial charge in [-0.3, -0.25) is 14.9 Å². The molecule has 9 heteroatoms. The van der Waals surface area contributed by atoms with Crippen molar-refractivity contribution in [3.8, 4) is 17.6 Å². The molecule has 0 aliphatic heterocycles. The predicted octanol–water partition coefficient (Wildman–Crippen LogP) is 4.21. The van der Waals surface area contributed by atoms with Gasteiger partial charge in [0.25, 0.3) is 5.91 Å². The van der Waals surface area contributed by atoms with Crippen molar-refractivity contribution in [3.63, 3.8) is 0 Å². The smallest absolute Gasteiger partial charge is 0.314 e. The number of nitriles is 1. The van der Waals surface area contributed by atoms with E-state index in [-0.39, 0.29) is 11.4 Å². The van der Waals surface area contributed by atoms with Crippen LogP contribution in [0.1, 0.15) is 42.2 Å². The lowest BCUT2D eigenvalue weighted by Crippen LogP contribution is -2.30. The molecule has 1 aromatic carbocycles. The molecule has 0 saturated carbocycles. The lowest BCUT2D eigenvalue weighted by Gasteiger charge is -2.14. The molecule has 0 saturated heterocycles. The van der Waals surface area contributed by atoms with Crippen LogP contribution in [0.4, 0.5) is 10.7 Å². The molecule has 152 valence electrons. The Labute approximate surface area is 172 Å². The number of anilines is 1. The molecular weight excluding hydrogens is 394 g/mol.